The molecule has 2 unspecified atom stereocenters. The molecule has 2 atom stereocenters. The quantitative estimate of drug-likeness (QED) is 0.499. The normalized spacial score (nSPS) is 23.8. The number of halogens is 2. The fourth-order valence-corrected chi connectivity index (χ4v) is 10.6. The molecule has 0 N–H and O–H groups in total. The molecule has 0 fully saturated rings. The molecule has 0 aromatic rings. The topological polar surface area (TPSA) is 6.48 Å². The predicted molar refractivity (Wildman–Crippen MR) is 99.4 cm³/mol. The largest absolute Gasteiger partial charge is 1.00 e. The molecule has 0 radical (unpaired) electrons. The van der Waals surface area contributed by atoms with Gasteiger partial charge in [-0.15, -0.1) is 0 Å². The molecule has 0 amide bonds. The Hall–Kier alpha value is 0.938. The van der Waals surface area contributed by atoms with E-state index in [2.05, 4.69) is 86.4 Å². The Morgan fingerprint density at radius 2 is 1.04 bits per heavy atom. The van der Waals surface area contributed by atoms with E-state index in [1.165, 1.54) is 0 Å². The Kier molecular flexibility index (Phi) is 8.90. The first kappa shape index (κ1) is 23.9. The van der Waals surface area contributed by atoms with E-state index in [4.69, 9.17) is 0 Å². The van der Waals surface area contributed by atoms with Crippen molar-refractivity contribution >= 4 is 30.2 Å². The van der Waals surface area contributed by atoms with E-state index < -0.39 is 16.5 Å². The Morgan fingerprint density at radius 1 is 0.739 bits per heavy atom. The molecular weight excluding hydrogens is 393 g/mol. The van der Waals surface area contributed by atoms with Crippen molar-refractivity contribution in [2.75, 3.05) is 0 Å². The summed E-state index contributed by atoms with van der Waals surface area (Å²) in [6, 6.07) is 0. The van der Waals surface area contributed by atoms with Gasteiger partial charge in [0.05, 0.1) is 0 Å². The maximum absolute atomic E-state index is 2.70. The van der Waals surface area contributed by atoms with E-state index in [0.29, 0.717) is 0 Å². The number of rotatable bonds is 4. The average molecular weight is 423 g/mol. The van der Waals surface area contributed by atoms with Gasteiger partial charge in [0.15, 0.2) is 0 Å². The van der Waals surface area contributed by atoms with E-state index in [9.17, 15) is 0 Å². The van der Waals surface area contributed by atoms with Gasteiger partial charge < -0.3 is 24.8 Å². The smallest absolute Gasteiger partial charge is 1.00 e. The summed E-state index contributed by atoms with van der Waals surface area (Å²) < 4.78 is 7.08. The van der Waals surface area contributed by atoms with Gasteiger partial charge >= 0.3 is 144 Å². The van der Waals surface area contributed by atoms with Crippen molar-refractivity contribution < 1.29 is 44.0 Å². The van der Waals surface area contributed by atoms with Crippen LogP contribution in [0.15, 0.2) is 24.6 Å². The fraction of sp³-hybridized carbons (Fsp3) is 0.714. The Bertz CT molecular complexity index is 415. The number of nitrogens with zero attached hydrogens (tertiary/aromatic N) is 2. The van der Waals surface area contributed by atoms with Gasteiger partial charge in [-0.25, -0.2) is 0 Å². The fourth-order valence-electron chi connectivity index (χ4n) is 3.59. The van der Waals surface area contributed by atoms with E-state index in [1.807, 2.05) is 0 Å². The third-order valence-electron chi connectivity index (χ3n) is 4.76. The Labute approximate surface area is 168 Å². The van der Waals surface area contributed by atoms with Crippen LogP contribution in [0.2, 0.25) is 61.2 Å². The first-order chi connectivity index (χ1) is 9.51. The minimum Gasteiger partial charge on any atom is -1.00 e. The molecule has 0 bridgehead atoms. The summed E-state index contributed by atoms with van der Waals surface area (Å²) in [5.74, 6) is 0. The summed E-state index contributed by atoms with van der Waals surface area (Å²) in [6.07, 6.45) is 9.90. The van der Waals surface area contributed by atoms with Gasteiger partial charge in [0.25, 0.3) is 0 Å². The molecule has 2 aliphatic rings. The third-order valence-corrected chi connectivity index (χ3v) is 12.3. The second-order valence-corrected chi connectivity index (χ2v) is 20.9. The molecule has 0 aromatic heterocycles. The third kappa shape index (κ3) is 5.45. The van der Waals surface area contributed by atoms with Crippen LogP contribution < -0.4 is 24.8 Å². The van der Waals surface area contributed by atoms with Crippen molar-refractivity contribution in [1.82, 2.24) is 8.95 Å². The molecule has 2 rings (SSSR count). The van der Waals surface area contributed by atoms with Crippen molar-refractivity contribution in [2.24, 2.45) is 0 Å². The Balaban J connectivity index is 0.00000242. The first-order valence-corrected chi connectivity index (χ1v) is 16.9. The van der Waals surface area contributed by atoms with Crippen LogP contribution in [-0.4, -0.2) is 39.1 Å². The van der Waals surface area contributed by atoms with Gasteiger partial charge in [-0.3, -0.25) is 0 Å². The van der Waals surface area contributed by atoms with Crippen LogP contribution in [0.1, 0.15) is 0 Å². The van der Waals surface area contributed by atoms with Crippen LogP contribution in [0, 0.1) is 0 Å². The van der Waals surface area contributed by atoms with Gasteiger partial charge in [-0.1, -0.05) is 0 Å². The van der Waals surface area contributed by atoms with Gasteiger partial charge in [-0.2, -0.15) is 0 Å². The molecule has 0 aliphatic carbocycles. The monoisotopic (exact) mass is 422 g/mol. The second-order valence-electron chi connectivity index (χ2n) is 8.54. The second kappa shape index (κ2) is 8.55. The van der Waals surface area contributed by atoms with Gasteiger partial charge in [0, 0.05) is 0 Å². The van der Waals surface area contributed by atoms with Gasteiger partial charge in [0.1, 0.15) is 0 Å². The summed E-state index contributed by atoms with van der Waals surface area (Å²) in [5.41, 5.74) is 0. The molecule has 128 valence electrons. The van der Waals surface area contributed by atoms with Crippen LogP contribution in [0.5, 0.6) is 0 Å². The molecule has 2 heterocycles. The van der Waals surface area contributed by atoms with Crippen LogP contribution in [0.25, 0.3) is 0 Å². The molecular formula is C14H30B2Cl2N2Si2Ti. The number of hydrogen-bond acceptors (Lipinski definition) is 2. The maximum Gasteiger partial charge on any atom is -1.00 e. The van der Waals surface area contributed by atoms with Crippen molar-refractivity contribution in [3.63, 3.8) is 0 Å². The number of allylic oxidation sites excluding steroid dienone is 2. The zero-order chi connectivity index (χ0) is 16.0. The molecule has 0 spiro atoms. The summed E-state index contributed by atoms with van der Waals surface area (Å²) in [5, 5.41) is 0. The summed E-state index contributed by atoms with van der Waals surface area (Å²) in [6.45, 7) is 21.1. The van der Waals surface area contributed by atoms with Crippen LogP contribution in [0.4, 0.5) is 0 Å². The van der Waals surface area contributed by atoms with Crippen molar-refractivity contribution in [3.8, 4) is 0 Å². The predicted octanol–water partition coefficient (Wildman–Crippen LogP) is -1.70. The van der Waals surface area contributed by atoms with Crippen LogP contribution in [-0.2, 0) is 19.2 Å². The van der Waals surface area contributed by atoms with Crippen molar-refractivity contribution in [1.29, 1.82) is 0 Å². The van der Waals surface area contributed by atoms with Crippen LogP contribution in [0.3, 0.4) is 0 Å². The van der Waals surface area contributed by atoms with Crippen molar-refractivity contribution in [3.05, 3.63) is 24.6 Å². The Morgan fingerprint density at radius 3 is 1.26 bits per heavy atom. The van der Waals surface area contributed by atoms with Crippen molar-refractivity contribution in [2.45, 2.75) is 61.2 Å². The SMILES string of the molecule is CB1[CH]([Ti+2][CH]2C=CN([Si](C)(C)C)B2C)C=CN1[Si](C)(C)C.[Cl-].[Cl-]. The summed E-state index contributed by atoms with van der Waals surface area (Å²) >= 11 is 0.0198. The van der Waals surface area contributed by atoms with E-state index in [0.717, 1.165) is 21.9 Å². The van der Waals surface area contributed by atoms with E-state index >= 15 is 0 Å². The molecule has 2 nitrogen and oxygen atoms in total. The molecule has 0 saturated heterocycles. The summed E-state index contributed by atoms with van der Waals surface area (Å²) in [4.78, 5) is 0. The minimum atomic E-state index is -1.20. The number of hydrogen-bond donors (Lipinski definition) is 0. The summed E-state index contributed by atoms with van der Waals surface area (Å²) in [7, 11) is -2.40. The molecule has 0 aromatic carbocycles. The molecule has 0 saturated carbocycles. The standard InChI is InChI=1S/2C7H15BNSi.2ClH.Ti/c2*1-8-6-5-7-9(8)10(2,3)4;;;/h2*5-7H,1-4H3;2*1H;/q;;;;+2/p-2. The molecule has 2 aliphatic heterocycles. The maximum atomic E-state index is 2.70. The van der Waals surface area contributed by atoms with E-state index in [-0.39, 0.29) is 44.0 Å². The zero-order valence-corrected chi connectivity index (χ0v) is 20.8. The molecule has 9 heteroatoms. The van der Waals surface area contributed by atoms with Gasteiger partial charge in [0.2, 0.25) is 0 Å². The van der Waals surface area contributed by atoms with Gasteiger partial charge in [-0.05, 0) is 0 Å². The molecule has 23 heavy (non-hydrogen) atoms. The van der Waals surface area contributed by atoms with Crippen LogP contribution >= 0.6 is 0 Å². The minimum absolute atomic E-state index is 0. The average Bonchev–Trinajstić information content (AvgIpc) is 2.83. The zero-order valence-electron chi connectivity index (χ0n) is 15.8. The first-order valence-electron chi connectivity index (χ1n) is 8.21. The van der Waals surface area contributed by atoms with E-state index in [1.54, 1.807) is 0 Å².